The van der Waals surface area contributed by atoms with E-state index in [9.17, 15) is 4.79 Å². The molecule has 2 saturated heterocycles. The van der Waals surface area contributed by atoms with E-state index in [0.29, 0.717) is 19.1 Å². The van der Waals surface area contributed by atoms with Crippen LogP contribution >= 0.6 is 36.6 Å². The summed E-state index contributed by atoms with van der Waals surface area (Å²) in [6, 6.07) is 0. The molecule has 3 aliphatic heterocycles. The van der Waals surface area contributed by atoms with Gasteiger partial charge in [-0.3, -0.25) is 15.2 Å². The van der Waals surface area contributed by atoms with E-state index in [1.165, 1.54) is 0 Å². The Bertz CT molecular complexity index is 564. The first kappa shape index (κ1) is 19.8. The fourth-order valence-corrected chi connectivity index (χ4v) is 5.67. The molecular weight excluding hydrogens is 369 g/mol. The van der Waals surface area contributed by atoms with Crippen molar-refractivity contribution in [3.8, 4) is 0 Å². The van der Waals surface area contributed by atoms with Gasteiger partial charge in [-0.05, 0) is 24.8 Å². The van der Waals surface area contributed by atoms with Crippen LogP contribution in [0.2, 0.25) is 0 Å². The van der Waals surface area contributed by atoms with Gasteiger partial charge in [0.2, 0.25) is 5.91 Å². The Hall–Kier alpha value is -0.530. The smallest absolute Gasteiger partial charge is 0.238 e. The van der Waals surface area contributed by atoms with Crippen LogP contribution in [0, 0.1) is 11.8 Å². The predicted molar refractivity (Wildman–Crippen MR) is 102 cm³/mol. The van der Waals surface area contributed by atoms with Gasteiger partial charge in [-0.1, -0.05) is 12.2 Å². The van der Waals surface area contributed by atoms with Gasteiger partial charge < -0.3 is 4.74 Å². The second-order valence-corrected chi connectivity index (χ2v) is 7.57. The van der Waals surface area contributed by atoms with Gasteiger partial charge in [0.1, 0.15) is 0 Å². The molecule has 3 heterocycles. The van der Waals surface area contributed by atoms with Gasteiger partial charge in [0.15, 0.2) is 0 Å². The number of aliphatic imine (C=N–C) groups is 1. The van der Waals surface area contributed by atoms with Gasteiger partial charge in [0.05, 0.1) is 29.6 Å². The molecule has 0 bridgehead atoms. The SMILES string of the molecule is Cl.Cl.O=C(NN1CCOCC1)C1CSC23CC=CC=C2N=CCC13. The van der Waals surface area contributed by atoms with Gasteiger partial charge in [-0.25, -0.2) is 5.01 Å². The molecule has 3 unspecified atom stereocenters. The van der Waals surface area contributed by atoms with E-state index in [-0.39, 0.29) is 41.4 Å². The van der Waals surface area contributed by atoms with Crippen LogP contribution in [-0.2, 0) is 9.53 Å². The molecule has 1 aliphatic carbocycles. The van der Waals surface area contributed by atoms with Crippen LogP contribution in [-0.4, -0.2) is 53.9 Å². The van der Waals surface area contributed by atoms with E-state index in [2.05, 4.69) is 28.6 Å². The molecule has 1 N–H and O–H groups in total. The summed E-state index contributed by atoms with van der Waals surface area (Å²) in [5.74, 6) is 1.47. The number of allylic oxidation sites excluding steroid dienone is 3. The monoisotopic (exact) mass is 391 g/mol. The Morgan fingerprint density at radius 1 is 1.38 bits per heavy atom. The number of ether oxygens (including phenoxy) is 1. The Balaban J connectivity index is 0.00000104. The Morgan fingerprint density at radius 2 is 2.17 bits per heavy atom. The van der Waals surface area contributed by atoms with Gasteiger partial charge in [-0.15, -0.1) is 36.6 Å². The number of carbonyl (C=O) groups is 1. The summed E-state index contributed by atoms with van der Waals surface area (Å²) in [5, 5.41) is 2.00. The number of thioether (sulfide) groups is 1. The summed E-state index contributed by atoms with van der Waals surface area (Å²) < 4.78 is 5.36. The molecule has 0 aromatic rings. The molecule has 0 aromatic heterocycles. The largest absolute Gasteiger partial charge is 0.379 e. The normalized spacial score (nSPS) is 34.2. The van der Waals surface area contributed by atoms with Crippen molar-refractivity contribution in [2.75, 3.05) is 32.1 Å². The number of carbonyl (C=O) groups excluding carboxylic acids is 1. The lowest BCUT2D eigenvalue weighted by Crippen LogP contribution is -2.52. The average molecular weight is 392 g/mol. The molecule has 1 spiro atoms. The Kier molecular flexibility index (Phi) is 6.79. The van der Waals surface area contributed by atoms with Crippen molar-refractivity contribution >= 4 is 48.7 Å². The summed E-state index contributed by atoms with van der Waals surface area (Å²) >= 11 is 1.92. The van der Waals surface area contributed by atoms with Crippen LogP contribution in [0.3, 0.4) is 0 Å². The highest BCUT2D eigenvalue weighted by Gasteiger charge is 2.54. The second-order valence-electron chi connectivity index (χ2n) is 6.22. The number of nitrogens with zero attached hydrogens (tertiary/aromatic N) is 2. The van der Waals surface area contributed by atoms with E-state index < -0.39 is 0 Å². The van der Waals surface area contributed by atoms with Crippen LogP contribution in [0.4, 0.5) is 0 Å². The number of amides is 1. The fraction of sp³-hybridized carbons (Fsp3) is 0.625. The van der Waals surface area contributed by atoms with Crippen LogP contribution in [0.5, 0.6) is 0 Å². The quantitative estimate of drug-likeness (QED) is 0.783. The third-order valence-corrected chi connectivity index (χ3v) is 6.78. The zero-order valence-corrected chi connectivity index (χ0v) is 15.8. The van der Waals surface area contributed by atoms with Crippen molar-refractivity contribution in [1.82, 2.24) is 10.4 Å². The number of nitrogens with one attached hydrogen (secondary N) is 1. The predicted octanol–water partition coefficient (Wildman–Crippen LogP) is 2.23. The third-order valence-electron chi connectivity index (χ3n) is 5.06. The van der Waals surface area contributed by atoms with Crippen LogP contribution in [0.25, 0.3) is 0 Å². The lowest BCUT2D eigenvalue weighted by molar-refractivity contribution is -0.132. The first-order valence-corrected chi connectivity index (χ1v) is 8.95. The molecule has 2 fully saturated rings. The topological polar surface area (TPSA) is 53.9 Å². The average Bonchev–Trinajstić information content (AvgIpc) is 2.93. The molecule has 0 saturated carbocycles. The number of morpholine rings is 1. The van der Waals surface area contributed by atoms with E-state index in [0.717, 1.165) is 37.4 Å². The highest BCUT2D eigenvalue weighted by molar-refractivity contribution is 8.01. The molecule has 0 radical (unpaired) electrons. The molecule has 0 aromatic carbocycles. The molecule has 4 aliphatic rings. The van der Waals surface area contributed by atoms with Gasteiger partial charge in [-0.2, -0.15) is 0 Å². The summed E-state index contributed by atoms with van der Waals surface area (Å²) in [4.78, 5) is 17.4. The minimum absolute atomic E-state index is 0. The van der Waals surface area contributed by atoms with Crippen LogP contribution in [0.15, 0.2) is 28.9 Å². The van der Waals surface area contributed by atoms with Gasteiger partial charge in [0, 0.05) is 25.1 Å². The maximum Gasteiger partial charge on any atom is 0.238 e. The minimum atomic E-state index is 0. The van der Waals surface area contributed by atoms with E-state index in [4.69, 9.17) is 4.74 Å². The highest BCUT2D eigenvalue weighted by atomic mass is 35.5. The maximum absolute atomic E-state index is 12.8. The first-order chi connectivity index (χ1) is 10.8. The van der Waals surface area contributed by atoms with E-state index in [1.54, 1.807) is 0 Å². The van der Waals surface area contributed by atoms with Gasteiger partial charge >= 0.3 is 0 Å². The van der Waals surface area contributed by atoms with Crippen molar-refractivity contribution in [3.63, 3.8) is 0 Å². The zero-order chi connectivity index (χ0) is 15.0. The summed E-state index contributed by atoms with van der Waals surface area (Å²) in [7, 11) is 0. The van der Waals surface area contributed by atoms with Crippen molar-refractivity contribution in [3.05, 3.63) is 23.9 Å². The minimum Gasteiger partial charge on any atom is -0.379 e. The lowest BCUT2D eigenvalue weighted by Gasteiger charge is -2.39. The second kappa shape index (κ2) is 8.23. The molecule has 8 heteroatoms. The first-order valence-electron chi connectivity index (χ1n) is 7.96. The molecule has 24 heavy (non-hydrogen) atoms. The lowest BCUT2D eigenvalue weighted by atomic mass is 9.74. The van der Waals surface area contributed by atoms with E-state index >= 15 is 0 Å². The van der Waals surface area contributed by atoms with Crippen molar-refractivity contribution in [1.29, 1.82) is 0 Å². The Labute approximate surface area is 159 Å². The van der Waals surface area contributed by atoms with Crippen molar-refractivity contribution < 1.29 is 9.53 Å². The number of hydrogen-bond acceptors (Lipinski definition) is 5. The number of rotatable bonds is 2. The third kappa shape index (κ3) is 3.40. The van der Waals surface area contributed by atoms with Crippen molar-refractivity contribution in [2.24, 2.45) is 16.8 Å². The maximum atomic E-state index is 12.8. The van der Waals surface area contributed by atoms with Gasteiger partial charge in [0.25, 0.3) is 0 Å². The standard InChI is InChI=1S/C16H21N3O2S.2ClH/c20-15(18-19-7-9-21-10-8-19)12-11-22-16-5-2-1-3-14(16)17-6-4-13(12)16;;/h1-3,6,12-13H,4-5,7-11H2,(H,18,20);2*1H. The molecule has 134 valence electrons. The summed E-state index contributed by atoms with van der Waals surface area (Å²) in [6.45, 7) is 2.93. The fourth-order valence-electron chi connectivity index (χ4n) is 3.85. The Morgan fingerprint density at radius 3 is 2.96 bits per heavy atom. The molecule has 5 nitrogen and oxygen atoms in total. The van der Waals surface area contributed by atoms with Crippen molar-refractivity contribution in [2.45, 2.75) is 17.6 Å². The van der Waals surface area contributed by atoms with E-state index in [1.807, 2.05) is 23.0 Å². The summed E-state index contributed by atoms with van der Waals surface area (Å²) in [5.41, 5.74) is 4.26. The van der Waals surface area contributed by atoms with Crippen LogP contribution in [0.1, 0.15) is 12.8 Å². The molecular formula is C16H23Cl2N3O2S. The summed E-state index contributed by atoms with van der Waals surface area (Å²) in [6.07, 6.45) is 10.3. The number of halogens is 2. The zero-order valence-electron chi connectivity index (χ0n) is 13.3. The number of hydrazine groups is 1. The van der Waals surface area contributed by atoms with Crippen LogP contribution < -0.4 is 5.43 Å². The molecule has 3 atom stereocenters. The molecule has 1 amide bonds. The molecule has 4 rings (SSSR count). The number of hydrogen-bond donors (Lipinski definition) is 1. The highest BCUT2D eigenvalue weighted by Crippen LogP contribution is 2.56.